The van der Waals surface area contributed by atoms with E-state index < -0.39 is 5.97 Å². The molecule has 6 nitrogen and oxygen atoms in total. The molecule has 2 rings (SSSR count). The van der Waals surface area contributed by atoms with Gasteiger partial charge in [-0.25, -0.2) is 14.8 Å². The summed E-state index contributed by atoms with van der Waals surface area (Å²) in [5.41, 5.74) is 6.01. The number of hydrogen-bond acceptors (Lipinski definition) is 5. The second-order valence-electron chi connectivity index (χ2n) is 3.53. The second kappa shape index (κ2) is 4.77. The van der Waals surface area contributed by atoms with Gasteiger partial charge in [0, 0.05) is 6.20 Å². The van der Waals surface area contributed by atoms with Crippen molar-refractivity contribution >= 4 is 27.7 Å². The van der Waals surface area contributed by atoms with E-state index in [4.69, 9.17) is 5.73 Å². The molecule has 0 fully saturated rings. The number of aromatic nitrogens is 3. The lowest BCUT2D eigenvalue weighted by Gasteiger charge is -2.08. The Morgan fingerprint density at radius 2 is 2.28 bits per heavy atom. The molecule has 94 valence electrons. The molecular weight excluding hydrogens is 300 g/mol. The number of carbonyl (C=O) groups is 1. The largest absolute Gasteiger partial charge is 0.464 e. The van der Waals surface area contributed by atoms with Crippen LogP contribution in [0.25, 0.3) is 5.82 Å². The average Bonchev–Trinajstić information content (AvgIpc) is 2.65. The molecule has 0 aromatic carbocycles. The lowest BCUT2D eigenvalue weighted by Crippen LogP contribution is -2.08. The Balaban J connectivity index is 2.63. The lowest BCUT2D eigenvalue weighted by atomic mass is 10.4. The van der Waals surface area contributed by atoms with Crippen LogP contribution in [0.3, 0.4) is 0 Å². The van der Waals surface area contributed by atoms with Crippen LogP contribution >= 0.6 is 15.9 Å². The summed E-state index contributed by atoms with van der Waals surface area (Å²) in [6.45, 7) is 1.74. The molecule has 0 saturated heterocycles. The Labute approximate surface area is 112 Å². The fourth-order valence-electron chi connectivity index (χ4n) is 1.61. The molecule has 0 unspecified atom stereocenters. The number of carbonyl (C=O) groups excluding carboxylic acids is 1. The van der Waals surface area contributed by atoms with Crippen LogP contribution in [0.15, 0.2) is 22.8 Å². The molecule has 18 heavy (non-hydrogen) atoms. The van der Waals surface area contributed by atoms with Gasteiger partial charge in [0.1, 0.15) is 11.6 Å². The summed E-state index contributed by atoms with van der Waals surface area (Å²) < 4.78 is 6.98. The Hall–Kier alpha value is -1.89. The van der Waals surface area contributed by atoms with Crippen LogP contribution in [0.4, 0.5) is 5.82 Å². The fourth-order valence-corrected chi connectivity index (χ4v) is 2.04. The van der Waals surface area contributed by atoms with E-state index in [2.05, 4.69) is 30.6 Å². The van der Waals surface area contributed by atoms with Gasteiger partial charge < -0.3 is 10.5 Å². The monoisotopic (exact) mass is 310 g/mol. The van der Waals surface area contributed by atoms with Crippen molar-refractivity contribution in [3.8, 4) is 5.82 Å². The summed E-state index contributed by atoms with van der Waals surface area (Å²) in [7, 11) is 1.28. The summed E-state index contributed by atoms with van der Waals surface area (Å²) in [5.74, 6) is 0.780. The van der Waals surface area contributed by atoms with Crippen LogP contribution in [0.5, 0.6) is 0 Å². The second-order valence-corrected chi connectivity index (χ2v) is 4.38. The molecule has 0 radical (unpaired) electrons. The number of nitrogens with zero attached hydrogens (tertiary/aromatic N) is 3. The van der Waals surface area contributed by atoms with E-state index in [0.29, 0.717) is 11.6 Å². The number of nitrogens with two attached hydrogens (primary N) is 1. The zero-order valence-electron chi connectivity index (χ0n) is 9.85. The molecule has 0 amide bonds. The molecule has 0 aliphatic rings. The molecular formula is C11H11BrN4O2. The first-order valence-electron chi connectivity index (χ1n) is 5.10. The molecule has 7 heteroatoms. The first kappa shape index (κ1) is 12.6. The van der Waals surface area contributed by atoms with Gasteiger partial charge >= 0.3 is 5.97 Å². The zero-order chi connectivity index (χ0) is 13.3. The van der Waals surface area contributed by atoms with Gasteiger partial charge in [0.25, 0.3) is 0 Å². The normalized spacial score (nSPS) is 10.4. The lowest BCUT2D eigenvalue weighted by molar-refractivity contribution is 0.0596. The Kier molecular flexibility index (Phi) is 3.33. The van der Waals surface area contributed by atoms with Crippen molar-refractivity contribution in [2.24, 2.45) is 0 Å². The van der Waals surface area contributed by atoms with E-state index in [9.17, 15) is 4.79 Å². The van der Waals surface area contributed by atoms with E-state index >= 15 is 0 Å². The molecule has 2 heterocycles. The minimum absolute atomic E-state index is 0.0903. The first-order valence-corrected chi connectivity index (χ1v) is 5.89. The van der Waals surface area contributed by atoms with Crippen molar-refractivity contribution in [1.82, 2.24) is 14.5 Å². The van der Waals surface area contributed by atoms with E-state index in [1.807, 2.05) is 6.07 Å². The van der Waals surface area contributed by atoms with Gasteiger partial charge in [0.05, 0.1) is 11.6 Å². The molecule has 2 aromatic heterocycles. The SMILES string of the molecule is COC(=O)c1nc(C)n(-c2ncccc2Br)c1N. The number of halogens is 1. The fraction of sp³-hybridized carbons (Fsp3) is 0.182. The number of imidazole rings is 1. The number of rotatable bonds is 2. The number of pyridine rings is 1. The molecule has 0 aliphatic heterocycles. The predicted molar refractivity (Wildman–Crippen MR) is 69.5 cm³/mol. The van der Waals surface area contributed by atoms with E-state index in [-0.39, 0.29) is 11.5 Å². The number of nitrogen functional groups attached to an aromatic ring is 1. The first-order chi connectivity index (χ1) is 8.56. The quantitative estimate of drug-likeness (QED) is 0.854. The maximum Gasteiger partial charge on any atom is 0.360 e. The van der Waals surface area contributed by atoms with Crippen molar-refractivity contribution in [3.63, 3.8) is 0 Å². The van der Waals surface area contributed by atoms with Crippen molar-refractivity contribution in [2.45, 2.75) is 6.92 Å². The van der Waals surface area contributed by atoms with Crippen LogP contribution in [-0.2, 0) is 4.74 Å². The van der Waals surface area contributed by atoms with Crippen LogP contribution in [0.2, 0.25) is 0 Å². The highest BCUT2D eigenvalue weighted by atomic mass is 79.9. The third kappa shape index (κ3) is 1.97. The number of anilines is 1. The van der Waals surface area contributed by atoms with Gasteiger partial charge in [-0.3, -0.25) is 4.57 Å². The molecule has 0 bridgehead atoms. The van der Waals surface area contributed by atoms with E-state index in [1.165, 1.54) is 7.11 Å². The van der Waals surface area contributed by atoms with Crippen molar-refractivity contribution in [3.05, 3.63) is 34.3 Å². The molecule has 0 aliphatic carbocycles. The number of ether oxygens (including phenoxy) is 1. The van der Waals surface area contributed by atoms with E-state index in [1.54, 1.807) is 23.8 Å². The van der Waals surface area contributed by atoms with Crippen molar-refractivity contribution < 1.29 is 9.53 Å². The van der Waals surface area contributed by atoms with Crippen LogP contribution in [0, 0.1) is 6.92 Å². The van der Waals surface area contributed by atoms with Crippen LogP contribution in [0.1, 0.15) is 16.3 Å². The highest BCUT2D eigenvalue weighted by molar-refractivity contribution is 9.10. The Morgan fingerprint density at radius 1 is 1.56 bits per heavy atom. The van der Waals surface area contributed by atoms with Crippen LogP contribution in [-0.4, -0.2) is 27.6 Å². The average molecular weight is 311 g/mol. The Morgan fingerprint density at radius 3 is 2.89 bits per heavy atom. The maximum atomic E-state index is 11.5. The summed E-state index contributed by atoms with van der Waals surface area (Å²) in [4.78, 5) is 19.8. The summed E-state index contributed by atoms with van der Waals surface area (Å²) in [5, 5.41) is 0. The van der Waals surface area contributed by atoms with Gasteiger partial charge in [-0.2, -0.15) is 0 Å². The van der Waals surface area contributed by atoms with Gasteiger partial charge in [-0.1, -0.05) is 0 Å². The number of hydrogen-bond donors (Lipinski definition) is 1. The summed E-state index contributed by atoms with van der Waals surface area (Å²) in [6.07, 6.45) is 1.64. The van der Waals surface area contributed by atoms with E-state index in [0.717, 1.165) is 4.47 Å². The smallest absolute Gasteiger partial charge is 0.360 e. The topological polar surface area (TPSA) is 83.0 Å². The van der Waals surface area contributed by atoms with Crippen molar-refractivity contribution in [1.29, 1.82) is 0 Å². The van der Waals surface area contributed by atoms with Gasteiger partial charge in [0.15, 0.2) is 11.5 Å². The molecule has 2 aromatic rings. The molecule has 0 spiro atoms. The minimum atomic E-state index is -0.568. The molecule has 0 atom stereocenters. The number of methoxy groups -OCH3 is 1. The van der Waals surface area contributed by atoms with Gasteiger partial charge in [-0.15, -0.1) is 0 Å². The predicted octanol–water partition coefficient (Wildman–Crippen LogP) is 1.71. The summed E-state index contributed by atoms with van der Waals surface area (Å²) >= 11 is 3.38. The number of esters is 1. The molecule has 0 saturated carbocycles. The maximum absolute atomic E-state index is 11.5. The standard InChI is InChI=1S/C11H11BrN4O2/c1-6-15-8(11(17)18-2)9(13)16(6)10-7(12)4-3-5-14-10/h3-5H,13H2,1-2H3. The van der Waals surface area contributed by atoms with Crippen LogP contribution < -0.4 is 5.73 Å². The molecule has 2 N–H and O–H groups in total. The highest BCUT2D eigenvalue weighted by Crippen LogP contribution is 2.25. The third-order valence-corrected chi connectivity index (χ3v) is 3.03. The summed E-state index contributed by atoms with van der Waals surface area (Å²) in [6, 6.07) is 3.62. The third-order valence-electron chi connectivity index (χ3n) is 2.41. The zero-order valence-corrected chi connectivity index (χ0v) is 11.4. The van der Waals surface area contributed by atoms with Gasteiger partial charge in [0.2, 0.25) is 0 Å². The van der Waals surface area contributed by atoms with Crippen molar-refractivity contribution in [2.75, 3.05) is 12.8 Å². The van der Waals surface area contributed by atoms with Gasteiger partial charge in [-0.05, 0) is 35.0 Å². The highest BCUT2D eigenvalue weighted by Gasteiger charge is 2.21. The minimum Gasteiger partial charge on any atom is -0.464 e. The Bertz CT molecular complexity index is 609. The number of aryl methyl sites for hydroxylation is 1.